The van der Waals surface area contributed by atoms with Crippen LogP contribution in [0.25, 0.3) is 0 Å². The Hall–Kier alpha value is -1.45. The maximum absolute atomic E-state index is 12.4. The number of nitrogens with zero attached hydrogens (tertiary/aromatic N) is 5. The summed E-state index contributed by atoms with van der Waals surface area (Å²) in [5.74, 6) is 0.398. The van der Waals surface area contributed by atoms with Gasteiger partial charge in [0.2, 0.25) is 5.95 Å². The van der Waals surface area contributed by atoms with Crippen LogP contribution in [0, 0.1) is 0 Å². The van der Waals surface area contributed by atoms with Crippen molar-refractivity contribution >= 4 is 5.95 Å². The Morgan fingerprint density at radius 2 is 1.92 bits per heavy atom. The third kappa shape index (κ3) is 4.80. The van der Waals surface area contributed by atoms with E-state index in [0.717, 1.165) is 26.2 Å². The van der Waals surface area contributed by atoms with Gasteiger partial charge in [-0.2, -0.15) is 13.2 Å². The summed E-state index contributed by atoms with van der Waals surface area (Å²) in [6.07, 6.45) is -4.26. The van der Waals surface area contributed by atoms with Gasteiger partial charge in [-0.25, -0.2) is 9.97 Å². The van der Waals surface area contributed by atoms with Crippen molar-refractivity contribution in [3.05, 3.63) is 18.0 Å². The molecule has 25 heavy (non-hydrogen) atoms. The summed E-state index contributed by atoms with van der Waals surface area (Å²) in [6.45, 7) is 4.73. The van der Waals surface area contributed by atoms with Gasteiger partial charge in [-0.3, -0.25) is 4.90 Å². The molecule has 1 aromatic rings. The standard InChI is InChI=1S/C16H24F3N5O/c1-22-6-8-23(9-7-22)13-10-24(11-14(13)25)15-20-5-3-12(21-15)2-4-16(17,18)19/h3,5,13-14,25H,2,4,6-11H2,1H3/t13-,14-/m0/s1. The van der Waals surface area contributed by atoms with Crippen LogP contribution in [0.2, 0.25) is 0 Å². The molecule has 0 aliphatic carbocycles. The van der Waals surface area contributed by atoms with Crippen LogP contribution in [0.3, 0.4) is 0 Å². The average molecular weight is 359 g/mol. The number of aromatic nitrogens is 2. The molecular formula is C16H24F3N5O. The fourth-order valence-corrected chi connectivity index (χ4v) is 3.39. The molecule has 0 amide bonds. The molecule has 0 spiro atoms. The number of hydrogen-bond acceptors (Lipinski definition) is 6. The number of anilines is 1. The number of piperazine rings is 1. The van der Waals surface area contributed by atoms with E-state index in [0.29, 0.717) is 24.7 Å². The van der Waals surface area contributed by atoms with Crippen LogP contribution >= 0.6 is 0 Å². The highest BCUT2D eigenvalue weighted by atomic mass is 19.4. The van der Waals surface area contributed by atoms with Gasteiger partial charge in [0.15, 0.2) is 0 Å². The summed E-state index contributed by atoms with van der Waals surface area (Å²) < 4.78 is 37.1. The largest absolute Gasteiger partial charge is 0.390 e. The van der Waals surface area contributed by atoms with Gasteiger partial charge in [-0.15, -0.1) is 0 Å². The number of rotatable bonds is 4. The van der Waals surface area contributed by atoms with Gasteiger partial charge >= 0.3 is 6.18 Å². The topological polar surface area (TPSA) is 55.7 Å². The minimum absolute atomic E-state index is 0.0103. The molecule has 0 radical (unpaired) electrons. The first-order valence-electron chi connectivity index (χ1n) is 8.56. The third-order valence-electron chi connectivity index (χ3n) is 4.91. The highest BCUT2D eigenvalue weighted by molar-refractivity contribution is 5.34. The van der Waals surface area contributed by atoms with Gasteiger partial charge in [0.05, 0.1) is 12.1 Å². The molecule has 9 heteroatoms. The van der Waals surface area contributed by atoms with Crippen molar-refractivity contribution in [3.8, 4) is 0 Å². The van der Waals surface area contributed by atoms with Crippen molar-refractivity contribution in [1.82, 2.24) is 19.8 Å². The van der Waals surface area contributed by atoms with Gasteiger partial charge in [0, 0.05) is 57.6 Å². The predicted molar refractivity (Wildman–Crippen MR) is 87.5 cm³/mol. The average Bonchev–Trinajstić information content (AvgIpc) is 2.95. The van der Waals surface area contributed by atoms with Crippen molar-refractivity contribution < 1.29 is 18.3 Å². The van der Waals surface area contributed by atoms with Gasteiger partial charge in [0.25, 0.3) is 0 Å². The Bertz CT molecular complexity index is 577. The lowest BCUT2D eigenvalue weighted by Crippen LogP contribution is -2.52. The molecule has 0 saturated carbocycles. The zero-order valence-corrected chi connectivity index (χ0v) is 14.3. The molecule has 2 fully saturated rings. The normalized spacial score (nSPS) is 26.4. The van der Waals surface area contributed by atoms with Crippen LogP contribution in [0.15, 0.2) is 12.3 Å². The molecule has 2 atom stereocenters. The van der Waals surface area contributed by atoms with E-state index < -0.39 is 18.7 Å². The van der Waals surface area contributed by atoms with E-state index in [9.17, 15) is 18.3 Å². The Balaban J connectivity index is 1.63. The van der Waals surface area contributed by atoms with Crippen molar-refractivity contribution in [2.45, 2.75) is 31.2 Å². The number of hydrogen-bond donors (Lipinski definition) is 1. The lowest BCUT2D eigenvalue weighted by atomic mass is 10.1. The minimum atomic E-state index is -4.19. The molecule has 0 unspecified atom stereocenters. The van der Waals surface area contributed by atoms with E-state index in [1.807, 2.05) is 4.90 Å². The second kappa shape index (κ2) is 7.43. The monoisotopic (exact) mass is 359 g/mol. The minimum Gasteiger partial charge on any atom is -0.390 e. The second-order valence-corrected chi connectivity index (χ2v) is 6.84. The molecule has 2 saturated heterocycles. The molecule has 3 heterocycles. The summed E-state index contributed by atoms with van der Waals surface area (Å²) in [5, 5.41) is 10.4. The van der Waals surface area contributed by atoms with Crippen molar-refractivity contribution in [2.24, 2.45) is 0 Å². The number of β-amino-alcohol motifs (C(OH)–C–C–N with tert-alkyl or cyclic N) is 1. The van der Waals surface area contributed by atoms with Gasteiger partial charge in [-0.05, 0) is 19.5 Å². The maximum Gasteiger partial charge on any atom is 0.389 e. The molecule has 140 valence electrons. The molecule has 2 aliphatic heterocycles. The van der Waals surface area contributed by atoms with Gasteiger partial charge in [0.1, 0.15) is 0 Å². The maximum atomic E-state index is 12.4. The quantitative estimate of drug-likeness (QED) is 0.857. The van der Waals surface area contributed by atoms with Crippen LogP contribution in [-0.2, 0) is 6.42 Å². The van der Waals surface area contributed by atoms with E-state index in [-0.39, 0.29) is 12.5 Å². The highest BCUT2D eigenvalue weighted by Gasteiger charge is 2.37. The summed E-state index contributed by atoms with van der Waals surface area (Å²) in [5.41, 5.74) is 0.375. The first-order chi connectivity index (χ1) is 11.8. The van der Waals surface area contributed by atoms with Crippen molar-refractivity contribution in [3.63, 3.8) is 0 Å². The molecule has 6 nitrogen and oxygen atoms in total. The van der Waals surface area contributed by atoms with Crippen LogP contribution in [0.5, 0.6) is 0 Å². The van der Waals surface area contributed by atoms with E-state index in [1.54, 1.807) is 0 Å². The molecular weight excluding hydrogens is 335 g/mol. The third-order valence-corrected chi connectivity index (χ3v) is 4.91. The Kier molecular flexibility index (Phi) is 5.45. The van der Waals surface area contributed by atoms with Crippen LogP contribution in [0.1, 0.15) is 12.1 Å². The van der Waals surface area contributed by atoms with Gasteiger partial charge in [-0.1, -0.05) is 0 Å². The van der Waals surface area contributed by atoms with Crippen LogP contribution < -0.4 is 4.90 Å². The summed E-state index contributed by atoms with van der Waals surface area (Å²) in [6, 6.07) is 1.52. The molecule has 3 rings (SSSR count). The van der Waals surface area contributed by atoms with Crippen molar-refractivity contribution in [1.29, 1.82) is 0 Å². The lowest BCUT2D eigenvalue weighted by molar-refractivity contribution is -0.134. The molecule has 0 aromatic carbocycles. The molecule has 1 N–H and O–H groups in total. The zero-order valence-electron chi connectivity index (χ0n) is 14.3. The Morgan fingerprint density at radius 3 is 2.60 bits per heavy atom. The summed E-state index contributed by atoms with van der Waals surface area (Å²) in [4.78, 5) is 14.8. The van der Waals surface area contributed by atoms with Crippen LogP contribution in [-0.4, -0.2) is 89.5 Å². The van der Waals surface area contributed by atoms with Crippen LogP contribution in [0.4, 0.5) is 19.1 Å². The first kappa shape index (κ1) is 18.3. The number of aliphatic hydroxyl groups is 1. The van der Waals surface area contributed by atoms with Crippen molar-refractivity contribution in [2.75, 3.05) is 51.2 Å². The summed E-state index contributed by atoms with van der Waals surface area (Å²) >= 11 is 0. The number of likely N-dealkylation sites (N-methyl/N-ethyl adjacent to an activating group) is 1. The Labute approximate surface area is 145 Å². The Morgan fingerprint density at radius 1 is 1.20 bits per heavy atom. The van der Waals surface area contributed by atoms with E-state index in [1.165, 1.54) is 12.3 Å². The summed E-state index contributed by atoms with van der Waals surface area (Å²) in [7, 11) is 2.08. The number of aryl methyl sites for hydroxylation is 1. The second-order valence-electron chi connectivity index (χ2n) is 6.84. The fraction of sp³-hybridized carbons (Fsp3) is 0.750. The van der Waals surface area contributed by atoms with E-state index >= 15 is 0 Å². The fourth-order valence-electron chi connectivity index (χ4n) is 3.39. The molecule has 0 bridgehead atoms. The first-order valence-corrected chi connectivity index (χ1v) is 8.56. The van der Waals surface area contributed by atoms with E-state index in [2.05, 4.69) is 26.8 Å². The molecule has 2 aliphatic rings. The highest BCUT2D eigenvalue weighted by Crippen LogP contribution is 2.24. The SMILES string of the molecule is CN1CCN([C@H]2CN(c3nccc(CCC(F)(F)F)n3)C[C@@H]2O)CC1. The van der Waals surface area contributed by atoms with E-state index in [4.69, 9.17) is 0 Å². The zero-order chi connectivity index (χ0) is 18.0. The molecule has 1 aromatic heterocycles. The lowest BCUT2D eigenvalue weighted by Gasteiger charge is -2.37. The predicted octanol–water partition coefficient (Wildman–Crippen LogP) is 0.768. The number of alkyl halides is 3. The number of halogens is 3. The number of aliphatic hydroxyl groups excluding tert-OH is 1. The smallest absolute Gasteiger partial charge is 0.389 e. The van der Waals surface area contributed by atoms with Gasteiger partial charge < -0.3 is 14.9 Å².